The number of hydrogen-bond acceptors (Lipinski definition) is 7. The van der Waals surface area contributed by atoms with Crippen LogP contribution in [0, 0.1) is 28.6 Å². The van der Waals surface area contributed by atoms with Crippen LogP contribution in [0.3, 0.4) is 0 Å². The molecule has 4 aliphatic rings. The monoisotopic (exact) mass is 1020 g/mol. The highest BCUT2D eigenvalue weighted by molar-refractivity contribution is 5.91. The van der Waals surface area contributed by atoms with Crippen molar-refractivity contribution in [3.8, 4) is 0 Å². The van der Waals surface area contributed by atoms with Crippen molar-refractivity contribution >= 4 is 35.3 Å². The topological polar surface area (TPSA) is 139 Å². The standard InChI is InChI=1S/C62H96N6O6/c1-11-43(2)58(72)64-57(62(7,8)9)60(74)67-34-23-29-51(67)42-68(52-38-48-26-20-21-27-49(48)39-52)56(71)31-17-15-13-12-14-16-30-55(70)65(35-32-45-36-46-24-18-19-25-47(46)37-45)41-50-28-22-33-66(50)59(73)53(61(4,5)6)40-54(69)44(3)63-10/h18-21,24-27,43-45,50-53,57,63H,11-17,22-23,28-42H2,1-10H3,(H,64,72)/t43-,44+,50+,51+,53-,57-/m1/s1. The number of likely N-dealkylation sites (tertiary alicyclic amines) is 2. The van der Waals surface area contributed by atoms with E-state index in [1.807, 2.05) is 51.3 Å². The van der Waals surface area contributed by atoms with E-state index in [0.29, 0.717) is 57.9 Å². The Kier molecular flexibility index (Phi) is 21.4. The Morgan fingerprint density at radius 2 is 1.16 bits per heavy atom. The van der Waals surface area contributed by atoms with Crippen molar-refractivity contribution in [1.82, 2.24) is 30.2 Å². The zero-order chi connectivity index (χ0) is 53.7. The minimum Gasteiger partial charge on any atom is -0.344 e. The summed E-state index contributed by atoms with van der Waals surface area (Å²) < 4.78 is 0. The normalized spacial score (nSPS) is 19.7. The van der Waals surface area contributed by atoms with Crippen molar-refractivity contribution < 1.29 is 28.8 Å². The third kappa shape index (κ3) is 15.8. The molecule has 2 N–H and O–H groups in total. The zero-order valence-electron chi connectivity index (χ0n) is 47.4. The minimum absolute atomic E-state index is 0.0377. The maximum Gasteiger partial charge on any atom is 0.246 e. The van der Waals surface area contributed by atoms with Crippen molar-refractivity contribution in [3.63, 3.8) is 0 Å². The number of ketones is 1. The highest BCUT2D eigenvalue weighted by atomic mass is 16.2. The molecule has 6 atom stereocenters. The number of nitrogens with one attached hydrogen (secondary N) is 2. The molecule has 0 spiro atoms. The van der Waals surface area contributed by atoms with Gasteiger partial charge in [-0.2, -0.15) is 0 Å². The number of carbonyl (C=O) groups excluding carboxylic acids is 6. The van der Waals surface area contributed by atoms with Crippen LogP contribution in [0.4, 0.5) is 0 Å². The summed E-state index contributed by atoms with van der Waals surface area (Å²) in [5.41, 5.74) is 4.56. The first kappa shape index (κ1) is 58.7. The molecule has 2 aliphatic heterocycles. The molecule has 410 valence electrons. The van der Waals surface area contributed by atoms with Crippen LogP contribution in [0.1, 0.15) is 181 Å². The van der Waals surface area contributed by atoms with Gasteiger partial charge in [-0.1, -0.05) is 130 Å². The van der Waals surface area contributed by atoms with Gasteiger partial charge in [0.05, 0.1) is 6.04 Å². The van der Waals surface area contributed by atoms with Gasteiger partial charge in [0.15, 0.2) is 0 Å². The second-order valence-corrected chi connectivity index (χ2v) is 25.0. The molecule has 5 amide bonds. The second-order valence-electron chi connectivity index (χ2n) is 25.0. The van der Waals surface area contributed by atoms with Gasteiger partial charge in [-0.15, -0.1) is 0 Å². The summed E-state index contributed by atoms with van der Waals surface area (Å²) in [6, 6.07) is 16.1. The molecule has 0 unspecified atom stereocenters. The molecular formula is C62H96N6O6. The number of benzene rings is 2. The van der Waals surface area contributed by atoms with E-state index in [9.17, 15) is 28.8 Å². The first-order valence-electron chi connectivity index (χ1n) is 29.0. The first-order valence-corrected chi connectivity index (χ1v) is 29.0. The van der Waals surface area contributed by atoms with Crippen LogP contribution in [0.15, 0.2) is 48.5 Å². The Hall–Kier alpha value is -4.58. The number of Topliss-reactive ketones (excluding diaryl/α,β-unsaturated/α-hetero) is 1. The molecule has 0 radical (unpaired) electrons. The molecule has 12 nitrogen and oxygen atoms in total. The third-order valence-corrected chi connectivity index (χ3v) is 17.4. The van der Waals surface area contributed by atoms with E-state index in [1.54, 1.807) is 7.05 Å². The van der Waals surface area contributed by atoms with E-state index in [0.717, 1.165) is 96.3 Å². The van der Waals surface area contributed by atoms with Gasteiger partial charge in [-0.05, 0) is 130 Å². The molecule has 2 saturated heterocycles. The van der Waals surface area contributed by atoms with E-state index in [-0.39, 0.29) is 77.2 Å². The highest BCUT2D eigenvalue weighted by Gasteiger charge is 2.43. The fourth-order valence-corrected chi connectivity index (χ4v) is 12.2. The summed E-state index contributed by atoms with van der Waals surface area (Å²) in [5.74, 6) is 0.136. The van der Waals surface area contributed by atoms with Crippen molar-refractivity contribution in [2.75, 3.05) is 39.8 Å². The summed E-state index contributed by atoms with van der Waals surface area (Å²) in [4.78, 5) is 91.8. The van der Waals surface area contributed by atoms with Crippen molar-refractivity contribution in [1.29, 1.82) is 0 Å². The average Bonchev–Trinajstić information content (AvgIpc) is 4.21. The summed E-state index contributed by atoms with van der Waals surface area (Å²) in [5, 5.41) is 6.16. The maximum absolute atomic E-state index is 14.4. The van der Waals surface area contributed by atoms with Crippen LogP contribution < -0.4 is 10.6 Å². The van der Waals surface area contributed by atoms with Gasteiger partial charge < -0.3 is 30.2 Å². The van der Waals surface area contributed by atoms with E-state index in [4.69, 9.17) is 0 Å². The Labute approximate surface area is 446 Å². The van der Waals surface area contributed by atoms with Crippen molar-refractivity contribution in [3.05, 3.63) is 70.8 Å². The Morgan fingerprint density at radius 1 is 0.662 bits per heavy atom. The lowest BCUT2D eigenvalue weighted by molar-refractivity contribution is -0.144. The van der Waals surface area contributed by atoms with Crippen LogP contribution in [0.25, 0.3) is 0 Å². The fraction of sp³-hybridized carbons (Fsp3) is 0.710. The zero-order valence-corrected chi connectivity index (χ0v) is 47.4. The number of likely N-dealkylation sites (N-methyl/N-ethyl adjacent to an activating group) is 1. The predicted octanol–water partition coefficient (Wildman–Crippen LogP) is 9.53. The Balaban J connectivity index is 1.02. The molecule has 2 aromatic rings. The van der Waals surface area contributed by atoms with Gasteiger partial charge in [0.1, 0.15) is 11.8 Å². The van der Waals surface area contributed by atoms with Gasteiger partial charge >= 0.3 is 0 Å². The molecule has 2 heterocycles. The third-order valence-electron chi connectivity index (χ3n) is 17.4. The van der Waals surface area contributed by atoms with Crippen molar-refractivity contribution in [2.45, 2.75) is 215 Å². The Bertz CT molecular complexity index is 2160. The van der Waals surface area contributed by atoms with E-state index in [1.165, 1.54) is 22.3 Å². The number of unbranched alkanes of at least 4 members (excludes halogenated alkanes) is 5. The van der Waals surface area contributed by atoms with Crippen LogP contribution in [-0.2, 0) is 54.5 Å². The number of rotatable bonds is 26. The molecule has 0 saturated carbocycles. The lowest BCUT2D eigenvalue weighted by Gasteiger charge is -2.39. The number of nitrogens with zero attached hydrogens (tertiary/aromatic N) is 4. The van der Waals surface area contributed by atoms with Gasteiger partial charge in [-0.3, -0.25) is 28.8 Å². The molecule has 2 aromatic carbocycles. The molecule has 0 bridgehead atoms. The molecule has 2 fully saturated rings. The van der Waals surface area contributed by atoms with Crippen LogP contribution in [-0.4, -0.2) is 125 Å². The largest absolute Gasteiger partial charge is 0.344 e. The lowest BCUT2D eigenvalue weighted by Crippen LogP contribution is -2.58. The SMILES string of the molecule is CC[C@@H](C)C(=O)N[C@H](C(=O)N1CCC[C@H]1CN(C(=O)CCCCCCCCC(=O)N(CCC1Cc2ccccc2C1)C[C@@H]1CCCN1C(=O)[C@@H](CC(=O)[C@H](C)NC)C(C)(C)C)C1Cc2ccccc2C1)C(C)(C)C. The molecule has 74 heavy (non-hydrogen) atoms. The van der Waals surface area contributed by atoms with Gasteiger partial charge in [0.2, 0.25) is 29.5 Å². The molecule has 0 aromatic heterocycles. The van der Waals surface area contributed by atoms with Crippen LogP contribution in [0.5, 0.6) is 0 Å². The van der Waals surface area contributed by atoms with Crippen LogP contribution >= 0.6 is 0 Å². The number of hydrogen-bond donors (Lipinski definition) is 2. The smallest absolute Gasteiger partial charge is 0.246 e. The molecular weight excluding hydrogens is 925 g/mol. The Morgan fingerprint density at radius 3 is 1.68 bits per heavy atom. The lowest BCUT2D eigenvalue weighted by atomic mass is 9.76. The fourth-order valence-electron chi connectivity index (χ4n) is 12.2. The first-order chi connectivity index (χ1) is 35.2. The summed E-state index contributed by atoms with van der Waals surface area (Å²) in [7, 11) is 1.78. The molecule has 12 heteroatoms. The molecule has 6 rings (SSSR count). The van der Waals surface area contributed by atoms with Crippen molar-refractivity contribution in [2.24, 2.45) is 28.6 Å². The quantitative estimate of drug-likeness (QED) is 0.0896. The number of fused-ring (bicyclic) bond motifs is 2. The summed E-state index contributed by atoms with van der Waals surface area (Å²) >= 11 is 0. The van der Waals surface area contributed by atoms with Crippen LogP contribution in [0.2, 0.25) is 0 Å². The van der Waals surface area contributed by atoms with E-state index in [2.05, 4.69) is 89.7 Å². The van der Waals surface area contributed by atoms with E-state index >= 15 is 0 Å². The maximum atomic E-state index is 14.4. The highest BCUT2D eigenvalue weighted by Crippen LogP contribution is 2.35. The predicted molar refractivity (Wildman–Crippen MR) is 296 cm³/mol. The van der Waals surface area contributed by atoms with E-state index < -0.39 is 17.4 Å². The van der Waals surface area contributed by atoms with Gasteiger partial charge in [0, 0.05) is 81.9 Å². The van der Waals surface area contributed by atoms with Gasteiger partial charge in [-0.25, -0.2) is 0 Å². The summed E-state index contributed by atoms with van der Waals surface area (Å²) in [6.45, 7) is 20.9. The second kappa shape index (κ2) is 27.0. The molecule has 2 aliphatic carbocycles. The number of amides is 5. The average molecular weight is 1020 g/mol. The van der Waals surface area contributed by atoms with Gasteiger partial charge in [0.25, 0.3) is 0 Å². The number of carbonyl (C=O) groups is 6. The summed E-state index contributed by atoms with van der Waals surface area (Å²) in [6.07, 6.45) is 15.4. The minimum atomic E-state index is -0.647.